The highest BCUT2D eigenvalue weighted by molar-refractivity contribution is 6.06. The van der Waals surface area contributed by atoms with Gasteiger partial charge in [0.1, 0.15) is 0 Å². The topological polar surface area (TPSA) is 59.1 Å². The van der Waals surface area contributed by atoms with Gasteiger partial charge in [-0.1, -0.05) is 42.5 Å². The first-order valence-corrected chi connectivity index (χ1v) is 11.3. The number of carbonyl (C=O) groups is 2. The summed E-state index contributed by atoms with van der Waals surface area (Å²) in [5.74, 6) is 1.22. The first-order valence-electron chi connectivity index (χ1n) is 11.3. The fourth-order valence-electron chi connectivity index (χ4n) is 4.32. The van der Waals surface area contributed by atoms with Gasteiger partial charge in [-0.3, -0.25) is 9.59 Å². The van der Waals surface area contributed by atoms with E-state index in [0.29, 0.717) is 30.0 Å². The van der Waals surface area contributed by atoms with Gasteiger partial charge in [0, 0.05) is 24.3 Å². The molecule has 2 amide bonds. The van der Waals surface area contributed by atoms with Crippen molar-refractivity contribution in [2.24, 2.45) is 0 Å². The van der Waals surface area contributed by atoms with Crippen molar-refractivity contribution in [3.63, 3.8) is 0 Å². The molecule has 168 valence electrons. The van der Waals surface area contributed by atoms with Crippen LogP contribution < -0.4 is 14.4 Å². The van der Waals surface area contributed by atoms with Crippen molar-refractivity contribution in [1.82, 2.24) is 4.90 Å². The lowest BCUT2D eigenvalue weighted by Gasteiger charge is -2.24. The normalized spacial score (nSPS) is 14.4. The number of hydrogen-bond acceptors (Lipinski definition) is 4. The van der Waals surface area contributed by atoms with E-state index < -0.39 is 0 Å². The number of nitrogens with zero attached hydrogens (tertiary/aromatic N) is 2. The molecule has 5 rings (SSSR count). The maximum Gasteiger partial charge on any atom is 0.258 e. The second-order valence-electron chi connectivity index (χ2n) is 8.38. The van der Waals surface area contributed by atoms with Crippen LogP contribution in [-0.2, 0) is 17.8 Å². The zero-order valence-corrected chi connectivity index (χ0v) is 18.4. The molecule has 0 aliphatic carbocycles. The van der Waals surface area contributed by atoms with Crippen LogP contribution >= 0.6 is 0 Å². The molecule has 2 heterocycles. The zero-order valence-electron chi connectivity index (χ0n) is 18.4. The molecule has 0 spiro atoms. The molecule has 2 aliphatic rings. The van der Waals surface area contributed by atoms with E-state index in [2.05, 4.69) is 0 Å². The number of rotatable bonds is 6. The molecule has 3 aromatic rings. The Kier molecular flexibility index (Phi) is 5.98. The van der Waals surface area contributed by atoms with E-state index in [1.165, 1.54) is 0 Å². The molecular weight excluding hydrogens is 416 g/mol. The Balaban J connectivity index is 1.44. The maximum absolute atomic E-state index is 13.6. The minimum atomic E-state index is -0.139. The Morgan fingerprint density at radius 3 is 2.39 bits per heavy atom. The summed E-state index contributed by atoms with van der Waals surface area (Å²) >= 11 is 0. The first-order chi connectivity index (χ1) is 16.2. The summed E-state index contributed by atoms with van der Waals surface area (Å²) in [4.78, 5) is 30.0. The standard InChI is InChI=1S/C27H26N2O4/c30-26(28-13-4-5-14-28)16-21-9-6-10-23(15-21)29(18-20-7-2-1-3-8-20)27(31)22-11-12-24-25(17-22)33-19-32-24/h1-3,6-12,15,17H,4-5,13-14,16,18-19H2. The Morgan fingerprint density at radius 1 is 0.818 bits per heavy atom. The summed E-state index contributed by atoms with van der Waals surface area (Å²) in [6.07, 6.45) is 2.48. The first kappa shape index (κ1) is 21.1. The number of amides is 2. The van der Waals surface area contributed by atoms with E-state index in [4.69, 9.17) is 9.47 Å². The van der Waals surface area contributed by atoms with E-state index in [1.807, 2.05) is 59.5 Å². The largest absolute Gasteiger partial charge is 0.454 e. The van der Waals surface area contributed by atoms with E-state index >= 15 is 0 Å². The predicted octanol–water partition coefficient (Wildman–Crippen LogP) is 4.43. The van der Waals surface area contributed by atoms with E-state index in [1.54, 1.807) is 23.1 Å². The Hall–Kier alpha value is -3.80. The van der Waals surface area contributed by atoms with Crippen LogP contribution in [0.2, 0.25) is 0 Å². The van der Waals surface area contributed by atoms with Gasteiger partial charge in [0.2, 0.25) is 12.7 Å². The Labute approximate surface area is 193 Å². The zero-order chi connectivity index (χ0) is 22.6. The number of benzene rings is 3. The van der Waals surface area contributed by atoms with Gasteiger partial charge in [-0.2, -0.15) is 0 Å². The summed E-state index contributed by atoms with van der Waals surface area (Å²) in [7, 11) is 0. The lowest BCUT2D eigenvalue weighted by molar-refractivity contribution is -0.129. The van der Waals surface area contributed by atoms with Gasteiger partial charge >= 0.3 is 0 Å². The molecule has 33 heavy (non-hydrogen) atoms. The molecule has 6 nitrogen and oxygen atoms in total. The molecule has 6 heteroatoms. The molecule has 0 N–H and O–H groups in total. The third-order valence-corrected chi connectivity index (χ3v) is 6.08. The fraction of sp³-hybridized carbons (Fsp3) is 0.259. The van der Waals surface area contributed by atoms with Crippen LogP contribution in [0.15, 0.2) is 72.8 Å². The average molecular weight is 443 g/mol. The van der Waals surface area contributed by atoms with Crippen molar-refractivity contribution in [3.05, 3.63) is 89.5 Å². The van der Waals surface area contributed by atoms with Gasteiger partial charge < -0.3 is 19.3 Å². The molecule has 1 fully saturated rings. The second-order valence-corrected chi connectivity index (χ2v) is 8.38. The van der Waals surface area contributed by atoms with Crippen LogP contribution in [0.4, 0.5) is 5.69 Å². The van der Waals surface area contributed by atoms with E-state index in [9.17, 15) is 9.59 Å². The van der Waals surface area contributed by atoms with Crippen molar-refractivity contribution in [1.29, 1.82) is 0 Å². The highest BCUT2D eigenvalue weighted by Crippen LogP contribution is 2.33. The summed E-state index contributed by atoms with van der Waals surface area (Å²) in [6, 6.07) is 22.8. The third kappa shape index (κ3) is 4.70. The highest BCUT2D eigenvalue weighted by Gasteiger charge is 2.23. The molecule has 3 aromatic carbocycles. The van der Waals surface area contributed by atoms with E-state index in [0.717, 1.165) is 42.7 Å². The second kappa shape index (κ2) is 9.36. The van der Waals surface area contributed by atoms with Crippen molar-refractivity contribution in [2.75, 3.05) is 24.8 Å². The van der Waals surface area contributed by atoms with Crippen molar-refractivity contribution < 1.29 is 19.1 Å². The van der Waals surface area contributed by atoms with Crippen LogP contribution in [0.25, 0.3) is 0 Å². The summed E-state index contributed by atoms with van der Waals surface area (Å²) in [5, 5.41) is 0. The number of fused-ring (bicyclic) bond motifs is 1. The van der Waals surface area contributed by atoms with Gasteiger partial charge in [-0.15, -0.1) is 0 Å². The summed E-state index contributed by atoms with van der Waals surface area (Å²) in [5.41, 5.74) is 3.20. The molecule has 0 atom stereocenters. The summed E-state index contributed by atoms with van der Waals surface area (Å²) < 4.78 is 10.9. The number of ether oxygens (including phenoxy) is 2. The maximum atomic E-state index is 13.6. The van der Waals surface area contributed by atoms with Crippen molar-refractivity contribution >= 4 is 17.5 Å². The SMILES string of the molecule is O=C(Cc1cccc(N(Cc2ccccc2)C(=O)c2ccc3c(c2)OCO3)c1)N1CCCC1. The van der Waals surface area contributed by atoms with Crippen LogP contribution in [0, 0.1) is 0 Å². The Bertz CT molecular complexity index is 1160. The van der Waals surface area contributed by atoms with Crippen LogP contribution in [0.1, 0.15) is 34.3 Å². The fourth-order valence-corrected chi connectivity index (χ4v) is 4.32. The molecule has 0 aromatic heterocycles. The molecule has 1 saturated heterocycles. The van der Waals surface area contributed by atoms with E-state index in [-0.39, 0.29) is 18.6 Å². The molecule has 0 radical (unpaired) electrons. The highest BCUT2D eigenvalue weighted by atomic mass is 16.7. The Morgan fingerprint density at radius 2 is 1.58 bits per heavy atom. The molecule has 0 unspecified atom stereocenters. The number of likely N-dealkylation sites (tertiary alicyclic amines) is 1. The van der Waals surface area contributed by atoms with Crippen molar-refractivity contribution in [2.45, 2.75) is 25.8 Å². The predicted molar refractivity (Wildman–Crippen MR) is 125 cm³/mol. The lowest BCUT2D eigenvalue weighted by Crippen LogP contribution is -2.31. The van der Waals surface area contributed by atoms with Crippen LogP contribution in [-0.4, -0.2) is 36.6 Å². The lowest BCUT2D eigenvalue weighted by atomic mass is 10.1. The summed E-state index contributed by atoms with van der Waals surface area (Å²) in [6.45, 7) is 2.24. The number of anilines is 1. The van der Waals surface area contributed by atoms with Gasteiger partial charge in [0.25, 0.3) is 5.91 Å². The molecular formula is C27H26N2O4. The third-order valence-electron chi connectivity index (χ3n) is 6.08. The average Bonchev–Trinajstić information content (AvgIpc) is 3.55. The minimum Gasteiger partial charge on any atom is -0.454 e. The van der Waals surface area contributed by atoms with Gasteiger partial charge in [-0.25, -0.2) is 0 Å². The molecule has 0 saturated carbocycles. The quantitative estimate of drug-likeness (QED) is 0.567. The van der Waals surface area contributed by atoms with Crippen LogP contribution in [0.5, 0.6) is 11.5 Å². The van der Waals surface area contributed by atoms with Gasteiger partial charge in [0.15, 0.2) is 11.5 Å². The van der Waals surface area contributed by atoms with Gasteiger partial charge in [-0.05, 0) is 54.3 Å². The number of hydrogen-bond donors (Lipinski definition) is 0. The monoisotopic (exact) mass is 442 g/mol. The number of carbonyl (C=O) groups excluding carboxylic acids is 2. The molecule has 2 aliphatic heterocycles. The molecule has 0 bridgehead atoms. The van der Waals surface area contributed by atoms with Crippen molar-refractivity contribution in [3.8, 4) is 11.5 Å². The van der Waals surface area contributed by atoms with Gasteiger partial charge in [0.05, 0.1) is 13.0 Å². The van der Waals surface area contributed by atoms with Crippen LogP contribution in [0.3, 0.4) is 0 Å². The smallest absolute Gasteiger partial charge is 0.258 e. The minimum absolute atomic E-state index is 0.139.